The maximum atomic E-state index is 13.5. The molecule has 0 fully saturated rings. The van der Waals surface area contributed by atoms with Crippen LogP contribution in [0.5, 0.6) is 0 Å². The minimum atomic E-state index is -0.989. The van der Waals surface area contributed by atoms with Crippen molar-refractivity contribution >= 4 is 11.6 Å². The van der Waals surface area contributed by atoms with E-state index in [-0.39, 0.29) is 12.0 Å². The lowest BCUT2D eigenvalue weighted by molar-refractivity contribution is 0.169. The van der Waals surface area contributed by atoms with Gasteiger partial charge in [0.1, 0.15) is 18.0 Å². The standard InChI is InChI=1S/C11H11ClFN3O/c1-16-11(14-6-15-16)5-10(17)8-4-7(12)2-3-9(8)13/h2-4,6,10,17H,5H2,1H3. The molecule has 4 nitrogen and oxygen atoms in total. The Balaban J connectivity index is 2.23. The van der Waals surface area contributed by atoms with Gasteiger partial charge in [0.05, 0.1) is 6.10 Å². The number of aromatic nitrogens is 3. The highest BCUT2D eigenvalue weighted by Gasteiger charge is 2.16. The number of hydrogen-bond donors (Lipinski definition) is 1. The average Bonchev–Trinajstić information content (AvgIpc) is 2.68. The van der Waals surface area contributed by atoms with Crippen molar-refractivity contribution in [3.8, 4) is 0 Å². The van der Waals surface area contributed by atoms with Crippen molar-refractivity contribution in [2.24, 2.45) is 7.05 Å². The number of halogens is 2. The predicted molar refractivity (Wildman–Crippen MR) is 61.1 cm³/mol. The second-order valence-corrected chi connectivity index (χ2v) is 4.12. The van der Waals surface area contributed by atoms with Crippen molar-refractivity contribution in [2.45, 2.75) is 12.5 Å². The van der Waals surface area contributed by atoms with E-state index in [1.807, 2.05) is 0 Å². The summed E-state index contributed by atoms with van der Waals surface area (Å²) in [6.07, 6.45) is 0.584. The van der Waals surface area contributed by atoms with Crippen LogP contribution in [0, 0.1) is 5.82 Å². The van der Waals surface area contributed by atoms with Crippen LogP contribution in [0.1, 0.15) is 17.5 Å². The van der Waals surface area contributed by atoms with Crippen molar-refractivity contribution in [2.75, 3.05) is 0 Å². The van der Waals surface area contributed by atoms with Crippen molar-refractivity contribution in [3.05, 3.63) is 46.8 Å². The third kappa shape index (κ3) is 2.62. The van der Waals surface area contributed by atoms with Crippen LogP contribution in [0.25, 0.3) is 0 Å². The first-order valence-corrected chi connectivity index (χ1v) is 5.41. The van der Waals surface area contributed by atoms with Crippen LogP contribution in [0.4, 0.5) is 4.39 Å². The first-order chi connectivity index (χ1) is 8.08. The summed E-state index contributed by atoms with van der Waals surface area (Å²) in [6.45, 7) is 0. The normalized spacial score (nSPS) is 12.7. The van der Waals surface area contributed by atoms with E-state index >= 15 is 0 Å². The van der Waals surface area contributed by atoms with Gasteiger partial charge in [-0.05, 0) is 18.2 Å². The molecule has 0 saturated heterocycles. The molecule has 0 aliphatic rings. The third-order valence-corrected chi connectivity index (χ3v) is 2.73. The zero-order valence-electron chi connectivity index (χ0n) is 9.14. The molecule has 1 heterocycles. The summed E-state index contributed by atoms with van der Waals surface area (Å²) in [4.78, 5) is 3.97. The minimum Gasteiger partial charge on any atom is -0.388 e. The Bertz CT molecular complexity index is 529. The van der Waals surface area contributed by atoms with Gasteiger partial charge in [-0.25, -0.2) is 9.37 Å². The van der Waals surface area contributed by atoms with Crippen LogP contribution in [-0.2, 0) is 13.5 Å². The van der Waals surface area contributed by atoms with Crippen molar-refractivity contribution < 1.29 is 9.50 Å². The molecular formula is C11H11ClFN3O. The molecule has 0 saturated carbocycles. The lowest BCUT2D eigenvalue weighted by Crippen LogP contribution is -2.09. The van der Waals surface area contributed by atoms with E-state index in [1.165, 1.54) is 29.2 Å². The zero-order chi connectivity index (χ0) is 12.4. The monoisotopic (exact) mass is 255 g/mol. The number of hydrogen-bond acceptors (Lipinski definition) is 3. The molecule has 0 amide bonds. The quantitative estimate of drug-likeness (QED) is 0.911. The van der Waals surface area contributed by atoms with Gasteiger partial charge in [-0.2, -0.15) is 5.10 Å². The van der Waals surface area contributed by atoms with Crippen molar-refractivity contribution in [1.82, 2.24) is 14.8 Å². The molecule has 1 unspecified atom stereocenters. The largest absolute Gasteiger partial charge is 0.388 e. The van der Waals surface area contributed by atoms with E-state index in [9.17, 15) is 9.50 Å². The van der Waals surface area contributed by atoms with Gasteiger partial charge in [-0.15, -0.1) is 0 Å². The van der Waals surface area contributed by atoms with Crippen LogP contribution in [0.15, 0.2) is 24.5 Å². The van der Waals surface area contributed by atoms with Crippen LogP contribution < -0.4 is 0 Å². The molecule has 6 heteroatoms. The van der Waals surface area contributed by atoms with Crippen LogP contribution in [-0.4, -0.2) is 19.9 Å². The Labute approximate surface area is 103 Å². The SMILES string of the molecule is Cn1ncnc1CC(O)c1cc(Cl)ccc1F. The second kappa shape index (κ2) is 4.81. The maximum absolute atomic E-state index is 13.5. The van der Waals surface area contributed by atoms with E-state index in [1.54, 1.807) is 7.05 Å². The fraction of sp³-hybridized carbons (Fsp3) is 0.273. The minimum absolute atomic E-state index is 0.167. The molecule has 90 valence electrons. The fourth-order valence-corrected chi connectivity index (χ4v) is 1.74. The van der Waals surface area contributed by atoms with E-state index in [4.69, 9.17) is 11.6 Å². The van der Waals surface area contributed by atoms with Gasteiger partial charge in [0.25, 0.3) is 0 Å². The number of rotatable bonds is 3. The van der Waals surface area contributed by atoms with E-state index in [2.05, 4.69) is 10.1 Å². The number of nitrogens with zero attached hydrogens (tertiary/aromatic N) is 3. The summed E-state index contributed by atoms with van der Waals surface area (Å²) >= 11 is 5.76. The molecule has 1 aromatic heterocycles. The van der Waals surface area contributed by atoms with E-state index in [0.29, 0.717) is 10.8 Å². The molecule has 0 aliphatic carbocycles. The Morgan fingerprint density at radius 2 is 2.29 bits per heavy atom. The van der Waals surface area contributed by atoms with Crippen molar-refractivity contribution in [1.29, 1.82) is 0 Å². The molecular weight excluding hydrogens is 245 g/mol. The Kier molecular flexibility index (Phi) is 3.40. The molecule has 0 spiro atoms. The molecule has 2 rings (SSSR count). The first-order valence-electron chi connectivity index (χ1n) is 5.04. The number of aliphatic hydroxyl groups excluding tert-OH is 1. The van der Waals surface area contributed by atoms with Gasteiger partial charge in [0.2, 0.25) is 0 Å². The Hall–Kier alpha value is -1.46. The highest BCUT2D eigenvalue weighted by Crippen LogP contribution is 2.23. The summed E-state index contributed by atoms with van der Waals surface area (Å²) in [7, 11) is 1.71. The highest BCUT2D eigenvalue weighted by molar-refractivity contribution is 6.30. The van der Waals surface area contributed by atoms with Crippen LogP contribution in [0.3, 0.4) is 0 Å². The first kappa shape index (κ1) is 12.0. The van der Waals surface area contributed by atoms with Gasteiger partial charge in [-0.3, -0.25) is 4.68 Å². The van der Waals surface area contributed by atoms with Gasteiger partial charge in [0.15, 0.2) is 0 Å². The zero-order valence-corrected chi connectivity index (χ0v) is 9.89. The van der Waals surface area contributed by atoms with E-state index in [0.717, 1.165) is 0 Å². The molecule has 0 radical (unpaired) electrons. The summed E-state index contributed by atoms with van der Waals surface area (Å²) in [5.74, 6) is 0.0981. The molecule has 0 bridgehead atoms. The lowest BCUT2D eigenvalue weighted by atomic mass is 10.1. The average molecular weight is 256 g/mol. The highest BCUT2D eigenvalue weighted by atomic mass is 35.5. The Morgan fingerprint density at radius 1 is 1.53 bits per heavy atom. The summed E-state index contributed by atoms with van der Waals surface area (Å²) in [5, 5.41) is 14.2. The summed E-state index contributed by atoms with van der Waals surface area (Å²) in [6, 6.07) is 4.09. The summed E-state index contributed by atoms with van der Waals surface area (Å²) < 4.78 is 15.0. The number of benzene rings is 1. The molecule has 17 heavy (non-hydrogen) atoms. The molecule has 1 atom stereocenters. The van der Waals surface area contributed by atoms with Crippen LogP contribution >= 0.6 is 11.6 Å². The molecule has 1 aromatic carbocycles. The molecule has 2 aromatic rings. The molecule has 0 aliphatic heterocycles. The third-order valence-electron chi connectivity index (χ3n) is 2.50. The topological polar surface area (TPSA) is 50.9 Å². The maximum Gasteiger partial charge on any atom is 0.138 e. The summed E-state index contributed by atoms with van der Waals surface area (Å²) in [5.41, 5.74) is 0.167. The molecule has 1 N–H and O–H groups in total. The number of aliphatic hydroxyl groups is 1. The van der Waals surface area contributed by atoms with Gasteiger partial charge < -0.3 is 5.11 Å². The van der Waals surface area contributed by atoms with Gasteiger partial charge in [0, 0.05) is 24.1 Å². The fourth-order valence-electron chi connectivity index (χ4n) is 1.56. The van der Waals surface area contributed by atoms with Crippen molar-refractivity contribution in [3.63, 3.8) is 0 Å². The van der Waals surface area contributed by atoms with Gasteiger partial charge in [-0.1, -0.05) is 11.6 Å². The van der Waals surface area contributed by atoms with Gasteiger partial charge >= 0.3 is 0 Å². The second-order valence-electron chi connectivity index (χ2n) is 3.69. The Morgan fingerprint density at radius 3 is 2.94 bits per heavy atom. The predicted octanol–water partition coefficient (Wildman–Crippen LogP) is 1.88. The lowest BCUT2D eigenvalue weighted by Gasteiger charge is -2.11. The van der Waals surface area contributed by atoms with Crippen LogP contribution in [0.2, 0.25) is 5.02 Å². The smallest absolute Gasteiger partial charge is 0.138 e. The van der Waals surface area contributed by atoms with E-state index < -0.39 is 11.9 Å². The number of aryl methyl sites for hydroxylation is 1.